The van der Waals surface area contributed by atoms with E-state index < -0.39 is 5.97 Å². The minimum absolute atomic E-state index is 0.121. The van der Waals surface area contributed by atoms with E-state index in [2.05, 4.69) is 15.5 Å². The summed E-state index contributed by atoms with van der Waals surface area (Å²) >= 11 is 1.16. The quantitative estimate of drug-likeness (QED) is 0.549. The number of aryl methyl sites for hydroxylation is 1. The number of nitrogens with two attached hydrogens (primary N) is 1. The molecule has 0 fully saturated rings. The monoisotopic (exact) mass is 307 g/mol. The number of thioether (sulfide) groups is 1. The number of carboxylic acids is 1. The third-order valence-electron chi connectivity index (χ3n) is 2.58. The number of nitrogen functional groups attached to an aromatic ring is 1. The summed E-state index contributed by atoms with van der Waals surface area (Å²) in [7, 11) is 0. The second-order valence-corrected chi connectivity index (χ2v) is 5.06. The summed E-state index contributed by atoms with van der Waals surface area (Å²) in [5, 5.41) is 19.5. The molecule has 21 heavy (non-hydrogen) atoms. The van der Waals surface area contributed by atoms with Crippen LogP contribution in [0.1, 0.15) is 16.2 Å². The lowest BCUT2D eigenvalue weighted by Gasteiger charge is -2.05. The first-order valence-electron chi connectivity index (χ1n) is 5.90. The molecule has 4 N–H and O–H groups in total. The molecule has 0 aliphatic heterocycles. The lowest BCUT2D eigenvalue weighted by molar-refractivity contribution is -0.113. The van der Waals surface area contributed by atoms with Crippen molar-refractivity contribution in [2.24, 2.45) is 0 Å². The van der Waals surface area contributed by atoms with Crippen molar-refractivity contribution in [1.82, 2.24) is 14.9 Å². The highest BCUT2D eigenvalue weighted by atomic mass is 32.2. The number of amides is 1. The SMILES string of the molecule is Cc1nnc(SCC(=O)Nc2ccc(C(=O)O)cc2)n1N. The topological polar surface area (TPSA) is 123 Å². The molecule has 0 saturated carbocycles. The molecule has 8 nitrogen and oxygen atoms in total. The Balaban J connectivity index is 1.89. The predicted octanol–water partition coefficient (Wildman–Crippen LogP) is 0.729. The van der Waals surface area contributed by atoms with Crippen LogP contribution >= 0.6 is 11.8 Å². The van der Waals surface area contributed by atoms with E-state index in [1.54, 1.807) is 6.92 Å². The van der Waals surface area contributed by atoms with E-state index in [4.69, 9.17) is 10.9 Å². The Morgan fingerprint density at radius 1 is 1.33 bits per heavy atom. The van der Waals surface area contributed by atoms with Crippen LogP contribution < -0.4 is 11.2 Å². The average molecular weight is 307 g/mol. The Morgan fingerprint density at radius 3 is 2.52 bits per heavy atom. The summed E-state index contributed by atoms with van der Waals surface area (Å²) in [6, 6.07) is 5.90. The van der Waals surface area contributed by atoms with Crippen LogP contribution in [0.15, 0.2) is 29.4 Å². The van der Waals surface area contributed by atoms with Gasteiger partial charge in [-0.3, -0.25) is 4.79 Å². The summed E-state index contributed by atoms with van der Waals surface area (Å²) in [4.78, 5) is 22.5. The van der Waals surface area contributed by atoms with Crippen molar-refractivity contribution >= 4 is 29.3 Å². The van der Waals surface area contributed by atoms with E-state index in [-0.39, 0.29) is 17.2 Å². The van der Waals surface area contributed by atoms with Crippen LogP contribution in [-0.4, -0.2) is 37.6 Å². The summed E-state index contributed by atoms with van der Waals surface area (Å²) in [6.45, 7) is 1.71. The van der Waals surface area contributed by atoms with Crippen molar-refractivity contribution in [3.05, 3.63) is 35.7 Å². The summed E-state index contributed by atoms with van der Waals surface area (Å²) < 4.78 is 1.31. The number of nitrogens with one attached hydrogen (secondary N) is 1. The molecule has 0 aliphatic rings. The molecule has 0 spiro atoms. The first-order chi connectivity index (χ1) is 9.97. The van der Waals surface area contributed by atoms with E-state index in [9.17, 15) is 9.59 Å². The van der Waals surface area contributed by atoms with Crippen molar-refractivity contribution in [3.8, 4) is 0 Å². The number of anilines is 1. The number of benzene rings is 1. The summed E-state index contributed by atoms with van der Waals surface area (Å²) in [6.07, 6.45) is 0. The molecule has 2 aromatic rings. The number of rotatable bonds is 5. The average Bonchev–Trinajstić information content (AvgIpc) is 2.77. The van der Waals surface area contributed by atoms with Gasteiger partial charge in [0.15, 0.2) is 0 Å². The Bertz CT molecular complexity index is 668. The van der Waals surface area contributed by atoms with Crippen molar-refractivity contribution in [3.63, 3.8) is 0 Å². The molecule has 110 valence electrons. The molecule has 0 bridgehead atoms. The zero-order valence-electron chi connectivity index (χ0n) is 11.1. The third-order valence-corrected chi connectivity index (χ3v) is 3.53. The molecular weight excluding hydrogens is 294 g/mol. The molecular formula is C12H13N5O3S. The Kier molecular flexibility index (Phi) is 4.43. The van der Waals surface area contributed by atoms with Crippen LogP contribution in [0, 0.1) is 6.92 Å². The van der Waals surface area contributed by atoms with Crippen LogP contribution in [0.5, 0.6) is 0 Å². The van der Waals surface area contributed by atoms with Crippen LogP contribution in [0.25, 0.3) is 0 Å². The molecule has 0 unspecified atom stereocenters. The summed E-state index contributed by atoms with van der Waals surface area (Å²) in [5.74, 6) is 5.09. The fraction of sp³-hybridized carbons (Fsp3) is 0.167. The maximum absolute atomic E-state index is 11.8. The fourth-order valence-electron chi connectivity index (χ4n) is 1.47. The highest BCUT2D eigenvalue weighted by Crippen LogP contribution is 2.15. The Hall–Kier alpha value is -2.55. The van der Waals surface area contributed by atoms with E-state index >= 15 is 0 Å². The van der Waals surface area contributed by atoms with Gasteiger partial charge in [0.05, 0.1) is 11.3 Å². The summed E-state index contributed by atoms with van der Waals surface area (Å²) in [5.41, 5.74) is 0.685. The number of hydrogen-bond donors (Lipinski definition) is 3. The minimum atomic E-state index is -1.01. The van der Waals surface area contributed by atoms with Gasteiger partial charge in [0.1, 0.15) is 5.82 Å². The fourth-order valence-corrected chi connectivity index (χ4v) is 2.17. The smallest absolute Gasteiger partial charge is 0.335 e. The van der Waals surface area contributed by atoms with Crippen molar-refractivity contribution in [2.75, 3.05) is 16.9 Å². The third kappa shape index (κ3) is 3.72. The highest BCUT2D eigenvalue weighted by molar-refractivity contribution is 7.99. The second kappa shape index (κ2) is 6.27. The number of nitrogens with zero attached hydrogens (tertiary/aromatic N) is 3. The first kappa shape index (κ1) is 14.9. The van der Waals surface area contributed by atoms with Gasteiger partial charge in [-0.15, -0.1) is 10.2 Å². The maximum Gasteiger partial charge on any atom is 0.335 e. The van der Waals surface area contributed by atoms with E-state index in [1.807, 2.05) is 0 Å². The van der Waals surface area contributed by atoms with Gasteiger partial charge in [-0.2, -0.15) is 0 Å². The Labute approximate surface area is 124 Å². The molecule has 2 rings (SSSR count). The van der Waals surface area contributed by atoms with E-state index in [1.165, 1.54) is 28.9 Å². The van der Waals surface area contributed by atoms with Crippen LogP contribution in [-0.2, 0) is 4.79 Å². The van der Waals surface area contributed by atoms with Gasteiger partial charge in [-0.25, -0.2) is 9.47 Å². The standard InChI is InChI=1S/C12H13N5O3S/c1-7-15-16-12(17(7)13)21-6-10(18)14-9-4-2-8(3-5-9)11(19)20/h2-5H,6,13H2,1H3,(H,14,18)(H,19,20). The lowest BCUT2D eigenvalue weighted by Crippen LogP contribution is -2.16. The number of carbonyl (C=O) groups excluding carboxylic acids is 1. The molecule has 0 atom stereocenters. The number of aromatic nitrogens is 3. The minimum Gasteiger partial charge on any atom is -0.478 e. The van der Waals surface area contributed by atoms with Gasteiger partial charge >= 0.3 is 5.97 Å². The van der Waals surface area contributed by atoms with E-state index in [0.717, 1.165) is 11.8 Å². The van der Waals surface area contributed by atoms with E-state index in [0.29, 0.717) is 16.7 Å². The molecule has 1 amide bonds. The number of hydrogen-bond acceptors (Lipinski definition) is 6. The number of aromatic carboxylic acids is 1. The maximum atomic E-state index is 11.8. The molecule has 1 aromatic heterocycles. The van der Waals surface area contributed by atoms with Crippen molar-refractivity contribution < 1.29 is 14.7 Å². The molecule has 0 aliphatic carbocycles. The zero-order chi connectivity index (χ0) is 15.4. The normalized spacial score (nSPS) is 10.3. The first-order valence-corrected chi connectivity index (χ1v) is 6.89. The van der Waals surface area contributed by atoms with Gasteiger partial charge in [0.2, 0.25) is 11.1 Å². The molecule has 9 heteroatoms. The van der Waals surface area contributed by atoms with Crippen molar-refractivity contribution in [2.45, 2.75) is 12.1 Å². The van der Waals surface area contributed by atoms with Crippen LogP contribution in [0.3, 0.4) is 0 Å². The zero-order valence-corrected chi connectivity index (χ0v) is 11.9. The Morgan fingerprint density at radius 2 is 2.00 bits per heavy atom. The van der Waals surface area contributed by atoms with Gasteiger partial charge in [-0.1, -0.05) is 11.8 Å². The largest absolute Gasteiger partial charge is 0.478 e. The van der Waals surface area contributed by atoms with Gasteiger partial charge in [-0.05, 0) is 31.2 Å². The predicted molar refractivity (Wildman–Crippen MR) is 77.7 cm³/mol. The highest BCUT2D eigenvalue weighted by Gasteiger charge is 2.10. The second-order valence-electron chi connectivity index (χ2n) is 4.12. The van der Waals surface area contributed by atoms with Crippen LogP contribution in [0.2, 0.25) is 0 Å². The lowest BCUT2D eigenvalue weighted by atomic mass is 10.2. The number of carboxylic acid groups (broad SMARTS) is 1. The molecule has 0 saturated heterocycles. The van der Waals surface area contributed by atoms with Crippen molar-refractivity contribution in [1.29, 1.82) is 0 Å². The van der Waals surface area contributed by atoms with Gasteiger partial charge in [0, 0.05) is 5.69 Å². The molecule has 1 aromatic carbocycles. The molecule has 1 heterocycles. The van der Waals surface area contributed by atoms with Gasteiger partial charge < -0.3 is 16.3 Å². The molecule has 0 radical (unpaired) electrons. The number of carbonyl (C=O) groups is 2. The van der Waals surface area contributed by atoms with Crippen LogP contribution in [0.4, 0.5) is 5.69 Å². The van der Waals surface area contributed by atoms with Gasteiger partial charge in [0.25, 0.3) is 0 Å².